The first-order valence-electron chi connectivity index (χ1n) is 16.9. The van der Waals surface area contributed by atoms with Crippen LogP contribution < -0.4 is 21.8 Å². The molecule has 1 aromatic heterocycles. The van der Waals surface area contributed by atoms with Crippen LogP contribution in [0.1, 0.15) is 59.7 Å². The summed E-state index contributed by atoms with van der Waals surface area (Å²) >= 11 is 0. The van der Waals surface area contributed by atoms with Crippen LogP contribution in [0.2, 0.25) is 0 Å². The van der Waals surface area contributed by atoms with Gasteiger partial charge in [0.1, 0.15) is 0 Å². The molecule has 0 spiro atoms. The minimum atomic E-state index is 0.146. The lowest BCUT2D eigenvalue weighted by Gasteiger charge is -2.39. The Labute approximate surface area is 294 Å². The van der Waals surface area contributed by atoms with Gasteiger partial charge in [-0.25, -0.2) is 9.67 Å². The van der Waals surface area contributed by atoms with Crippen LogP contribution in [0.5, 0.6) is 0 Å². The first-order chi connectivity index (χ1) is 24.1. The molecule has 1 aliphatic heterocycles. The molecule has 0 saturated heterocycles. The maximum absolute atomic E-state index is 6.24. The maximum atomic E-state index is 6.24. The van der Waals surface area contributed by atoms with E-state index in [1.807, 2.05) is 26.0 Å². The predicted molar refractivity (Wildman–Crippen MR) is 204 cm³/mol. The molecule has 0 fully saturated rings. The zero-order valence-electron chi connectivity index (χ0n) is 29.3. The van der Waals surface area contributed by atoms with Gasteiger partial charge in [0.2, 0.25) is 0 Å². The fraction of sp³-hybridized carbons (Fsp3) is 0.250. The Bertz CT molecular complexity index is 2040. The van der Waals surface area contributed by atoms with Crippen molar-refractivity contribution in [2.75, 3.05) is 13.6 Å². The van der Waals surface area contributed by atoms with Crippen LogP contribution in [0.15, 0.2) is 137 Å². The van der Waals surface area contributed by atoms with Crippen LogP contribution >= 0.6 is 0 Å². The third kappa shape index (κ3) is 6.69. The Morgan fingerprint density at radius 2 is 1.84 bits per heavy atom. The minimum absolute atomic E-state index is 0.146. The fourth-order valence-electron chi connectivity index (χ4n) is 6.80. The summed E-state index contributed by atoms with van der Waals surface area (Å²) in [6, 6.07) is 15.1. The number of aryl methyl sites for hydroxylation is 1. The molecule has 0 amide bonds. The van der Waals surface area contributed by atoms with Crippen molar-refractivity contribution in [2.45, 2.75) is 52.2 Å². The molecule has 6 rings (SSSR count). The van der Waals surface area contributed by atoms with Crippen LogP contribution in [0.3, 0.4) is 0 Å². The summed E-state index contributed by atoms with van der Waals surface area (Å²) in [5.74, 6) is 0.691. The maximum Gasteiger partial charge on any atom is 0.156 e. The van der Waals surface area contributed by atoms with Gasteiger partial charge in [-0.05, 0) is 72.6 Å². The van der Waals surface area contributed by atoms with Crippen molar-refractivity contribution in [3.8, 4) is 0 Å². The van der Waals surface area contributed by atoms with Gasteiger partial charge < -0.3 is 21.3 Å². The fourth-order valence-corrected chi connectivity index (χ4v) is 6.80. The highest BCUT2D eigenvalue weighted by molar-refractivity contribution is 5.98. The Morgan fingerprint density at radius 1 is 1.02 bits per heavy atom. The van der Waals surface area contributed by atoms with Crippen LogP contribution in [-0.2, 0) is 25.9 Å². The molecule has 1 atom stereocenters. The van der Waals surface area contributed by atoms with E-state index in [1.165, 1.54) is 27.8 Å². The number of nitrogens with two attached hydrogens (primary N) is 1. The molecule has 0 radical (unpaired) electrons. The van der Waals surface area contributed by atoms with E-state index in [0.29, 0.717) is 12.4 Å². The van der Waals surface area contributed by atoms with E-state index in [4.69, 9.17) is 10.7 Å². The molecular weight excluding hydrogens is 621 g/mol. The molecule has 2 heterocycles. The quantitative estimate of drug-likeness (QED) is 0.0666. The first-order valence-corrected chi connectivity index (χ1v) is 16.9. The number of nitrogens with zero attached hydrogens (tertiary/aromatic N) is 6. The molecule has 50 heavy (non-hydrogen) atoms. The lowest BCUT2D eigenvalue weighted by atomic mass is 9.87. The standard InChI is InChI=1S/C40H46N10/c1-9-37(29(7)43-22-30-10-11-31-17-19-49(23-34(31)20-30)40-25(3)24(2)39(40)41)50-38(16-18-44-50)46-27(5)26(4)45-36-15-13-33-21-32(12-14-35(33)36)28(6)47-48-42-8/h9-12,14,16,18,20-21,36,43,45H,2-4,6-7,13,15,17,19,22-23,41H2,1,5,8H3,(H,42,47)/b37-9-,46-27+/t36-/m0/s1. The van der Waals surface area contributed by atoms with Gasteiger partial charge in [-0.3, -0.25) is 5.43 Å². The summed E-state index contributed by atoms with van der Waals surface area (Å²) in [5.41, 5.74) is 23.9. The largest absolute Gasteiger partial charge is 0.397 e. The third-order valence-corrected chi connectivity index (χ3v) is 9.69. The van der Waals surface area contributed by atoms with Gasteiger partial charge >= 0.3 is 0 Å². The highest BCUT2D eigenvalue weighted by Gasteiger charge is 2.30. The van der Waals surface area contributed by atoms with Crippen molar-refractivity contribution in [3.63, 3.8) is 0 Å². The van der Waals surface area contributed by atoms with Gasteiger partial charge in [-0.2, -0.15) is 10.2 Å². The van der Waals surface area contributed by atoms with Gasteiger partial charge in [-0.1, -0.05) is 74.5 Å². The second kappa shape index (κ2) is 14.3. The summed E-state index contributed by atoms with van der Waals surface area (Å²) in [6.45, 7) is 27.2. The molecule has 0 bridgehead atoms. The number of rotatable bonds is 13. The van der Waals surface area contributed by atoms with Crippen LogP contribution in [0.4, 0.5) is 5.82 Å². The van der Waals surface area contributed by atoms with E-state index in [0.717, 1.165) is 89.0 Å². The molecule has 2 aliphatic carbocycles. The molecule has 0 unspecified atom stereocenters. The third-order valence-electron chi connectivity index (χ3n) is 9.69. The summed E-state index contributed by atoms with van der Waals surface area (Å²) < 4.78 is 1.81. The van der Waals surface area contributed by atoms with Gasteiger partial charge in [0.05, 0.1) is 53.5 Å². The number of hydrogen-bond donors (Lipinski definition) is 4. The predicted octanol–water partition coefficient (Wildman–Crippen LogP) is 7.14. The molecule has 0 saturated carbocycles. The van der Waals surface area contributed by atoms with Gasteiger partial charge in [0.15, 0.2) is 5.82 Å². The van der Waals surface area contributed by atoms with Crippen molar-refractivity contribution < 1.29 is 0 Å². The van der Waals surface area contributed by atoms with E-state index in [-0.39, 0.29) is 6.04 Å². The molecule has 256 valence electrons. The second-order valence-electron chi connectivity index (χ2n) is 12.8. The lowest BCUT2D eigenvalue weighted by Crippen LogP contribution is -2.37. The van der Waals surface area contributed by atoms with Gasteiger partial charge in [-0.15, -0.1) is 0 Å². The Kier molecular flexibility index (Phi) is 9.72. The number of aliphatic imine (C=N–C) groups is 1. The van der Waals surface area contributed by atoms with Gasteiger partial charge in [0.25, 0.3) is 0 Å². The molecule has 2 aromatic carbocycles. The van der Waals surface area contributed by atoms with E-state index in [9.17, 15) is 0 Å². The highest BCUT2D eigenvalue weighted by atomic mass is 15.4. The van der Waals surface area contributed by atoms with Crippen molar-refractivity contribution in [2.24, 2.45) is 21.1 Å². The normalized spacial score (nSPS) is 17.4. The van der Waals surface area contributed by atoms with Crippen LogP contribution in [0.25, 0.3) is 11.4 Å². The molecule has 10 nitrogen and oxygen atoms in total. The second-order valence-corrected chi connectivity index (χ2v) is 12.8. The number of allylic oxidation sites excluding steroid dienone is 5. The topological polar surface area (TPSA) is 120 Å². The average molecular weight is 667 g/mol. The molecular formula is C40H46N10. The number of fused-ring (bicyclic) bond motifs is 2. The SMILES string of the molecule is C=C1C(=C)C(N2CCc3ccc(CNC(=C)/C(=C/C)n4nccc4/N=C(\C)C(=C)N[C@H]4CCc5cc(C(=C)NN=NC)ccc54)cc3C2)=C1N. The van der Waals surface area contributed by atoms with Crippen molar-refractivity contribution >= 4 is 22.9 Å². The number of aromatic nitrogens is 2. The van der Waals surface area contributed by atoms with E-state index < -0.39 is 0 Å². The summed E-state index contributed by atoms with van der Waals surface area (Å²) in [5, 5.41) is 19.3. The first kappa shape index (κ1) is 34.0. The molecule has 3 aromatic rings. The van der Waals surface area contributed by atoms with Crippen molar-refractivity contribution in [1.82, 2.24) is 30.7 Å². The van der Waals surface area contributed by atoms with Crippen molar-refractivity contribution in [3.05, 3.63) is 155 Å². The number of nitrogens with one attached hydrogen (secondary N) is 3. The zero-order chi connectivity index (χ0) is 35.5. The van der Waals surface area contributed by atoms with Crippen LogP contribution in [-0.4, -0.2) is 34.0 Å². The van der Waals surface area contributed by atoms with E-state index in [1.54, 1.807) is 17.9 Å². The number of hydrogen-bond acceptors (Lipinski definition) is 8. The monoisotopic (exact) mass is 666 g/mol. The van der Waals surface area contributed by atoms with E-state index in [2.05, 4.69) is 106 Å². The van der Waals surface area contributed by atoms with Gasteiger partial charge in [0, 0.05) is 42.5 Å². The average Bonchev–Trinajstić information content (AvgIpc) is 3.75. The highest BCUT2D eigenvalue weighted by Crippen LogP contribution is 2.39. The molecule has 10 heteroatoms. The summed E-state index contributed by atoms with van der Waals surface area (Å²) in [4.78, 5) is 7.24. The molecule has 5 N–H and O–H groups in total. The summed E-state index contributed by atoms with van der Waals surface area (Å²) in [7, 11) is 1.62. The lowest BCUT2D eigenvalue weighted by molar-refractivity contribution is 0.320. The summed E-state index contributed by atoms with van der Waals surface area (Å²) in [6.07, 6.45) is 6.63. The minimum Gasteiger partial charge on any atom is -0.397 e. The Balaban J connectivity index is 1.08. The van der Waals surface area contributed by atoms with Crippen molar-refractivity contribution in [1.29, 1.82) is 0 Å². The molecule has 3 aliphatic rings. The Hall–Kier alpha value is -5.90. The smallest absolute Gasteiger partial charge is 0.156 e. The Morgan fingerprint density at radius 3 is 2.60 bits per heavy atom. The van der Waals surface area contributed by atoms with E-state index >= 15 is 0 Å². The van der Waals surface area contributed by atoms with Crippen LogP contribution in [0, 0.1) is 0 Å². The zero-order valence-corrected chi connectivity index (χ0v) is 29.3. The number of benzene rings is 2.